The largest absolute Gasteiger partial charge is 0.489 e. The molecule has 1 N–H and O–H groups in total. The van der Waals surface area contributed by atoms with Gasteiger partial charge in [0.1, 0.15) is 18.2 Å². The SMILES string of the molecule is Cc1cccc(COc2cccc(C(=O)NCc3ccc(N4CCOC(C)C4)nc3)c2)c1. The highest BCUT2D eigenvalue weighted by molar-refractivity contribution is 5.94. The Bertz CT molecular complexity index is 1050. The molecule has 1 aliphatic rings. The minimum atomic E-state index is -0.142. The van der Waals surface area contributed by atoms with Crippen LogP contribution in [-0.4, -0.2) is 36.7 Å². The van der Waals surface area contributed by atoms with Crippen LogP contribution in [0.25, 0.3) is 0 Å². The summed E-state index contributed by atoms with van der Waals surface area (Å²) in [6, 6.07) is 19.5. The standard InChI is InChI=1S/C26H29N3O3/c1-19-5-3-6-21(13-19)18-32-24-8-4-7-23(14-24)26(30)28-16-22-9-10-25(27-15-22)29-11-12-31-20(2)17-29/h3-10,13-15,20H,11-12,16-18H2,1-2H3,(H,28,30). The highest BCUT2D eigenvalue weighted by Crippen LogP contribution is 2.17. The molecule has 6 heteroatoms. The first-order valence-electron chi connectivity index (χ1n) is 10.9. The quantitative estimate of drug-likeness (QED) is 0.610. The Balaban J connectivity index is 1.30. The van der Waals surface area contributed by atoms with Gasteiger partial charge in [-0.2, -0.15) is 0 Å². The molecule has 32 heavy (non-hydrogen) atoms. The molecule has 4 rings (SSSR count). The van der Waals surface area contributed by atoms with Crippen molar-refractivity contribution in [1.82, 2.24) is 10.3 Å². The summed E-state index contributed by atoms with van der Waals surface area (Å²) >= 11 is 0. The fourth-order valence-electron chi connectivity index (χ4n) is 3.71. The summed E-state index contributed by atoms with van der Waals surface area (Å²) in [7, 11) is 0. The van der Waals surface area contributed by atoms with Gasteiger partial charge in [0.15, 0.2) is 0 Å². The van der Waals surface area contributed by atoms with E-state index in [0.717, 1.165) is 30.0 Å². The van der Waals surface area contributed by atoms with Crippen LogP contribution in [0, 0.1) is 6.92 Å². The number of aryl methyl sites for hydroxylation is 1. The second-order valence-corrected chi connectivity index (χ2v) is 8.14. The molecule has 1 aromatic heterocycles. The van der Waals surface area contributed by atoms with E-state index in [0.29, 0.717) is 31.1 Å². The predicted octanol–water partition coefficient (Wildman–Crippen LogP) is 4.12. The van der Waals surface area contributed by atoms with E-state index in [1.807, 2.05) is 42.6 Å². The lowest BCUT2D eigenvalue weighted by atomic mass is 10.1. The van der Waals surface area contributed by atoms with Gasteiger partial charge < -0.3 is 19.7 Å². The molecule has 1 fully saturated rings. The maximum atomic E-state index is 12.6. The lowest BCUT2D eigenvalue weighted by Gasteiger charge is -2.32. The van der Waals surface area contributed by atoms with Crippen molar-refractivity contribution >= 4 is 11.7 Å². The Morgan fingerprint density at radius 3 is 2.81 bits per heavy atom. The van der Waals surface area contributed by atoms with Gasteiger partial charge in [0, 0.05) is 31.4 Å². The van der Waals surface area contributed by atoms with E-state index in [4.69, 9.17) is 9.47 Å². The Morgan fingerprint density at radius 1 is 1.16 bits per heavy atom. The average molecular weight is 432 g/mol. The molecule has 1 aliphatic heterocycles. The summed E-state index contributed by atoms with van der Waals surface area (Å²) in [5, 5.41) is 2.96. The number of carbonyl (C=O) groups is 1. The average Bonchev–Trinajstić information content (AvgIpc) is 2.82. The molecule has 2 heterocycles. The zero-order valence-corrected chi connectivity index (χ0v) is 18.6. The summed E-state index contributed by atoms with van der Waals surface area (Å²) in [5.74, 6) is 1.47. The molecule has 1 saturated heterocycles. The third-order valence-corrected chi connectivity index (χ3v) is 5.41. The summed E-state index contributed by atoms with van der Waals surface area (Å²) in [6.07, 6.45) is 2.03. The van der Waals surface area contributed by atoms with E-state index in [1.165, 1.54) is 5.56 Å². The second-order valence-electron chi connectivity index (χ2n) is 8.14. The van der Waals surface area contributed by atoms with Crippen LogP contribution in [-0.2, 0) is 17.9 Å². The van der Waals surface area contributed by atoms with Crippen molar-refractivity contribution in [1.29, 1.82) is 0 Å². The number of amides is 1. The number of carbonyl (C=O) groups excluding carboxylic acids is 1. The van der Waals surface area contributed by atoms with Crippen LogP contribution in [0.5, 0.6) is 5.75 Å². The predicted molar refractivity (Wildman–Crippen MR) is 125 cm³/mol. The van der Waals surface area contributed by atoms with Gasteiger partial charge in [-0.15, -0.1) is 0 Å². The van der Waals surface area contributed by atoms with Crippen molar-refractivity contribution < 1.29 is 14.3 Å². The third kappa shape index (κ3) is 5.86. The number of aromatic nitrogens is 1. The minimum absolute atomic E-state index is 0.142. The number of nitrogens with one attached hydrogen (secondary N) is 1. The van der Waals surface area contributed by atoms with Gasteiger partial charge in [-0.05, 0) is 49.2 Å². The van der Waals surface area contributed by atoms with Crippen LogP contribution in [0.3, 0.4) is 0 Å². The zero-order valence-electron chi connectivity index (χ0n) is 18.6. The van der Waals surface area contributed by atoms with Gasteiger partial charge in [0.25, 0.3) is 5.91 Å². The molecule has 1 unspecified atom stereocenters. The van der Waals surface area contributed by atoms with Crippen molar-refractivity contribution in [3.63, 3.8) is 0 Å². The fourth-order valence-corrected chi connectivity index (χ4v) is 3.71. The van der Waals surface area contributed by atoms with Gasteiger partial charge in [-0.25, -0.2) is 4.98 Å². The zero-order chi connectivity index (χ0) is 22.3. The van der Waals surface area contributed by atoms with Crippen molar-refractivity contribution in [3.05, 3.63) is 89.1 Å². The van der Waals surface area contributed by atoms with Crippen molar-refractivity contribution in [3.8, 4) is 5.75 Å². The molecular formula is C26H29N3O3. The second kappa shape index (κ2) is 10.3. The fraction of sp³-hybridized carbons (Fsp3) is 0.308. The molecule has 0 spiro atoms. The van der Waals surface area contributed by atoms with E-state index in [9.17, 15) is 4.79 Å². The molecule has 0 saturated carbocycles. The number of morpholine rings is 1. The molecular weight excluding hydrogens is 402 g/mol. The van der Waals surface area contributed by atoms with Crippen LogP contribution >= 0.6 is 0 Å². The van der Waals surface area contributed by atoms with E-state index in [2.05, 4.69) is 41.2 Å². The highest BCUT2D eigenvalue weighted by Gasteiger charge is 2.17. The van der Waals surface area contributed by atoms with Crippen LogP contribution in [0.2, 0.25) is 0 Å². The molecule has 6 nitrogen and oxygen atoms in total. The summed E-state index contributed by atoms with van der Waals surface area (Å²) in [4.78, 5) is 19.4. The Hall–Kier alpha value is -3.38. The number of pyridine rings is 1. The van der Waals surface area contributed by atoms with Crippen LogP contribution in [0.15, 0.2) is 66.9 Å². The van der Waals surface area contributed by atoms with Crippen LogP contribution in [0.1, 0.15) is 34.0 Å². The number of anilines is 1. The minimum Gasteiger partial charge on any atom is -0.489 e. The Morgan fingerprint density at radius 2 is 2.03 bits per heavy atom. The topological polar surface area (TPSA) is 63.7 Å². The van der Waals surface area contributed by atoms with Gasteiger partial charge in [0.05, 0.1) is 12.7 Å². The maximum absolute atomic E-state index is 12.6. The lowest BCUT2D eigenvalue weighted by molar-refractivity contribution is 0.0529. The highest BCUT2D eigenvalue weighted by atomic mass is 16.5. The first-order valence-corrected chi connectivity index (χ1v) is 10.9. The molecule has 1 amide bonds. The van der Waals surface area contributed by atoms with Gasteiger partial charge in [-0.3, -0.25) is 4.79 Å². The monoisotopic (exact) mass is 431 g/mol. The van der Waals surface area contributed by atoms with E-state index < -0.39 is 0 Å². The van der Waals surface area contributed by atoms with E-state index in [1.54, 1.807) is 12.1 Å². The smallest absolute Gasteiger partial charge is 0.251 e. The Kier molecular flexibility index (Phi) is 7.02. The summed E-state index contributed by atoms with van der Waals surface area (Å²) in [6.45, 7) is 7.40. The number of benzene rings is 2. The summed E-state index contributed by atoms with van der Waals surface area (Å²) < 4.78 is 11.5. The molecule has 2 aromatic carbocycles. The van der Waals surface area contributed by atoms with Gasteiger partial charge in [0.2, 0.25) is 0 Å². The van der Waals surface area contributed by atoms with Crippen molar-refractivity contribution in [2.24, 2.45) is 0 Å². The van der Waals surface area contributed by atoms with E-state index in [-0.39, 0.29) is 12.0 Å². The van der Waals surface area contributed by atoms with Crippen LogP contribution in [0.4, 0.5) is 5.82 Å². The number of ether oxygens (including phenoxy) is 2. The number of rotatable bonds is 7. The summed E-state index contributed by atoms with van der Waals surface area (Å²) in [5.41, 5.74) is 3.82. The number of hydrogen-bond donors (Lipinski definition) is 1. The third-order valence-electron chi connectivity index (χ3n) is 5.41. The normalized spacial score (nSPS) is 15.9. The van der Waals surface area contributed by atoms with Crippen molar-refractivity contribution in [2.45, 2.75) is 33.1 Å². The molecule has 0 bridgehead atoms. The van der Waals surface area contributed by atoms with Crippen molar-refractivity contribution in [2.75, 3.05) is 24.6 Å². The molecule has 0 aliphatic carbocycles. The van der Waals surface area contributed by atoms with Gasteiger partial charge >= 0.3 is 0 Å². The maximum Gasteiger partial charge on any atom is 0.251 e. The van der Waals surface area contributed by atoms with Gasteiger partial charge in [-0.1, -0.05) is 42.0 Å². The van der Waals surface area contributed by atoms with Crippen LogP contribution < -0.4 is 15.0 Å². The Labute approximate surface area is 189 Å². The molecule has 1 atom stereocenters. The number of nitrogens with zero attached hydrogens (tertiary/aromatic N) is 2. The first kappa shape index (κ1) is 21.8. The molecule has 0 radical (unpaired) electrons. The lowest BCUT2D eigenvalue weighted by Crippen LogP contribution is -2.41. The van der Waals surface area contributed by atoms with E-state index >= 15 is 0 Å². The first-order chi connectivity index (χ1) is 15.6. The molecule has 166 valence electrons. The number of hydrogen-bond acceptors (Lipinski definition) is 5. The molecule has 3 aromatic rings.